The quantitative estimate of drug-likeness (QED) is 0.751. The van der Waals surface area contributed by atoms with Crippen molar-refractivity contribution < 1.29 is 17.9 Å². The Kier molecular flexibility index (Phi) is 5.64. The Bertz CT molecular complexity index is 913. The SMILES string of the molecule is CCNS(=O)(=O)c1ccc(C(=O)NC2CCOc3ccc(Br)cc32)cc1. The van der Waals surface area contributed by atoms with Gasteiger partial charge in [-0.1, -0.05) is 22.9 Å². The topological polar surface area (TPSA) is 84.5 Å². The molecule has 2 N–H and O–H groups in total. The molecule has 3 rings (SSSR count). The van der Waals surface area contributed by atoms with Crippen LogP contribution < -0.4 is 14.8 Å². The lowest BCUT2D eigenvalue weighted by Gasteiger charge is -2.27. The van der Waals surface area contributed by atoms with Crippen LogP contribution in [-0.2, 0) is 10.0 Å². The van der Waals surface area contributed by atoms with E-state index in [1.807, 2.05) is 18.2 Å². The van der Waals surface area contributed by atoms with Gasteiger partial charge in [0.25, 0.3) is 5.91 Å². The molecule has 0 saturated heterocycles. The van der Waals surface area contributed by atoms with Gasteiger partial charge >= 0.3 is 0 Å². The van der Waals surface area contributed by atoms with Gasteiger partial charge in [0.2, 0.25) is 10.0 Å². The van der Waals surface area contributed by atoms with E-state index >= 15 is 0 Å². The summed E-state index contributed by atoms with van der Waals surface area (Å²) in [5.41, 5.74) is 1.33. The fourth-order valence-corrected chi connectivity index (χ4v) is 4.24. The molecule has 0 fully saturated rings. The van der Waals surface area contributed by atoms with E-state index in [9.17, 15) is 13.2 Å². The molecule has 0 saturated carbocycles. The fraction of sp³-hybridized carbons (Fsp3) is 0.278. The fourth-order valence-electron chi connectivity index (χ4n) is 2.82. The van der Waals surface area contributed by atoms with Crippen LogP contribution in [0.2, 0.25) is 0 Å². The second kappa shape index (κ2) is 7.77. The maximum atomic E-state index is 12.6. The Morgan fingerprint density at radius 3 is 2.65 bits per heavy atom. The van der Waals surface area contributed by atoms with Crippen LogP contribution >= 0.6 is 15.9 Å². The largest absolute Gasteiger partial charge is 0.493 e. The molecule has 0 radical (unpaired) electrons. The zero-order valence-electron chi connectivity index (χ0n) is 14.2. The summed E-state index contributed by atoms with van der Waals surface area (Å²) in [6.07, 6.45) is 0.669. The lowest BCUT2D eigenvalue weighted by molar-refractivity contribution is 0.0924. The van der Waals surface area contributed by atoms with Crippen molar-refractivity contribution in [2.75, 3.05) is 13.2 Å². The summed E-state index contributed by atoms with van der Waals surface area (Å²) in [4.78, 5) is 12.7. The number of hydrogen-bond donors (Lipinski definition) is 2. The predicted octanol–water partition coefficient (Wildman–Crippen LogP) is 3.00. The molecule has 1 amide bonds. The van der Waals surface area contributed by atoms with Crippen LogP contribution in [0.15, 0.2) is 51.8 Å². The third-order valence-corrected chi connectivity index (χ3v) is 6.13. The first-order chi connectivity index (χ1) is 12.4. The Hall–Kier alpha value is -1.90. The molecule has 26 heavy (non-hydrogen) atoms. The summed E-state index contributed by atoms with van der Waals surface area (Å²) in [5.74, 6) is 0.507. The molecule has 0 spiro atoms. The molecule has 138 valence electrons. The van der Waals surface area contributed by atoms with Crippen LogP contribution in [0.3, 0.4) is 0 Å². The highest BCUT2D eigenvalue weighted by molar-refractivity contribution is 9.10. The molecular formula is C18H19BrN2O4S. The van der Waals surface area contributed by atoms with Gasteiger partial charge in [-0.15, -0.1) is 0 Å². The summed E-state index contributed by atoms with van der Waals surface area (Å²) < 4.78 is 32.9. The number of carbonyl (C=O) groups is 1. The third kappa shape index (κ3) is 4.08. The molecule has 0 aromatic heterocycles. The maximum absolute atomic E-state index is 12.6. The summed E-state index contributed by atoms with van der Waals surface area (Å²) in [6.45, 7) is 2.55. The third-order valence-electron chi connectivity index (χ3n) is 4.08. The highest BCUT2D eigenvalue weighted by Gasteiger charge is 2.24. The molecule has 2 aromatic carbocycles. The van der Waals surface area contributed by atoms with Gasteiger partial charge in [-0.2, -0.15) is 0 Å². The minimum Gasteiger partial charge on any atom is -0.493 e. The molecule has 2 aromatic rings. The van der Waals surface area contributed by atoms with Crippen molar-refractivity contribution >= 4 is 31.9 Å². The van der Waals surface area contributed by atoms with E-state index in [0.29, 0.717) is 25.1 Å². The average Bonchev–Trinajstić information content (AvgIpc) is 2.62. The maximum Gasteiger partial charge on any atom is 0.251 e. The average molecular weight is 439 g/mol. The normalized spacial score (nSPS) is 16.5. The zero-order valence-corrected chi connectivity index (χ0v) is 16.6. The number of sulfonamides is 1. The van der Waals surface area contributed by atoms with Crippen molar-refractivity contribution in [2.45, 2.75) is 24.3 Å². The molecular weight excluding hydrogens is 420 g/mol. The highest BCUT2D eigenvalue weighted by atomic mass is 79.9. The van der Waals surface area contributed by atoms with E-state index in [0.717, 1.165) is 15.8 Å². The van der Waals surface area contributed by atoms with Gasteiger partial charge in [0.1, 0.15) is 5.75 Å². The van der Waals surface area contributed by atoms with Gasteiger partial charge in [-0.05, 0) is 42.5 Å². The van der Waals surface area contributed by atoms with Gasteiger partial charge in [0, 0.05) is 28.6 Å². The van der Waals surface area contributed by atoms with Crippen LogP contribution in [0.25, 0.3) is 0 Å². The Balaban J connectivity index is 1.77. The molecule has 1 aliphatic rings. The summed E-state index contributed by atoms with van der Waals surface area (Å²) >= 11 is 3.44. The van der Waals surface area contributed by atoms with Crippen LogP contribution in [0, 0.1) is 0 Å². The van der Waals surface area contributed by atoms with E-state index in [2.05, 4.69) is 26.0 Å². The van der Waals surface area contributed by atoms with Crippen LogP contribution in [-0.4, -0.2) is 27.5 Å². The molecule has 1 atom stereocenters. The van der Waals surface area contributed by atoms with Gasteiger partial charge in [-0.25, -0.2) is 13.1 Å². The minimum atomic E-state index is -3.53. The monoisotopic (exact) mass is 438 g/mol. The smallest absolute Gasteiger partial charge is 0.251 e. The molecule has 6 nitrogen and oxygen atoms in total. The minimum absolute atomic E-state index is 0.135. The second-order valence-electron chi connectivity index (χ2n) is 5.87. The summed E-state index contributed by atoms with van der Waals surface area (Å²) in [7, 11) is -3.53. The lowest BCUT2D eigenvalue weighted by Crippen LogP contribution is -2.32. The Morgan fingerprint density at radius 1 is 1.23 bits per heavy atom. The van der Waals surface area contributed by atoms with Crippen molar-refractivity contribution in [3.63, 3.8) is 0 Å². The van der Waals surface area contributed by atoms with Gasteiger partial charge in [-0.3, -0.25) is 4.79 Å². The number of fused-ring (bicyclic) bond motifs is 1. The number of halogens is 1. The molecule has 1 unspecified atom stereocenters. The first kappa shape index (κ1) is 18.9. The Labute approximate surface area is 161 Å². The van der Waals surface area contributed by atoms with Crippen molar-refractivity contribution in [1.82, 2.24) is 10.0 Å². The summed E-state index contributed by atoms with van der Waals surface area (Å²) in [5, 5.41) is 3.00. The van der Waals surface area contributed by atoms with E-state index < -0.39 is 10.0 Å². The van der Waals surface area contributed by atoms with E-state index in [1.54, 1.807) is 6.92 Å². The van der Waals surface area contributed by atoms with Crippen molar-refractivity contribution in [2.24, 2.45) is 0 Å². The Morgan fingerprint density at radius 2 is 1.96 bits per heavy atom. The molecule has 0 aliphatic carbocycles. The first-order valence-corrected chi connectivity index (χ1v) is 10.5. The van der Waals surface area contributed by atoms with E-state index in [4.69, 9.17) is 4.74 Å². The van der Waals surface area contributed by atoms with Crippen molar-refractivity contribution in [3.8, 4) is 5.75 Å². The zero-order chi connectivity index (χ0) is 18.7. The number of nitrogens with one attached hydrogen (secondary N) is 2. The van der Waals surface area contributed by atoms with Gasteiger partial charge in [0.15, 0.2) is 0 Å². The van der Waals surface area contributed by atoms with Crippen molar-refractivity contribution in [3.05, 3.63) is 58.1 Å². The van der Waals surface area contributed by atoms with Gasteiger partial charge in [0.05, 0.1) is 17.5 Å². The first-order valence-electron chi connectivity index (χ1n) is 8.23. The number of rotatable bonds is 5. The van der Waals surface area contributed by atoms with Crippen LogP contribution in [0.5, 0.6) is 5.75 Å². The number of hydrogen-bond acceptors (Lipinski definition) is 4. The lowest BCUT2D eigenvalue weighted by atomic mass is 10.00. The molecule has 1 aliphatic heterocycles. The molecule has 8 heteroatoms. The van der Waals surface area contributed by atoms with E-state index in [1.165, 1.54) is 24.3 Å². The van der Waals surface area contributed by atoms with Gasteiger partial charge < -0.3 is 10.1 Å². The number of benzene rings is 2. The summed E-state index contributed by atoms with van der Waals surface area (Å²) in [6, 6.07) is 11.4. The molecule has 0 bridgehead atoms. The predicted molar refractivity (Wildman–Crippen MR) is 102 cm³/mol. The number of carbonyl (C=O) groups excluding carboxylic acids is 1. The standard InChI is InChI=1S/C18H19BrN2O4S/c1-2-20-26(23,24)14-6-3-12(4-7-14)18(22)21-16-9-10-25-17-8-5-13(19)11-15(16)17/h3-8,11,16,20H,2,9-10H2,1H3,(H,21,22). The van der Waals surface area contributed by atoms with E-state index in [-0.39, 0.29) is 16.8 Å². The highest BCUT2D eigenvalue weighted by Crippen LogP contribution is 2.34. The number of ether oxygens (including phenoxy) is 1. The van der Waals surface area contributed by atoms with Crippen LogP contribution in [0.1, 0.15) is 35.3 Å². The van der Waals surface area contributed by atoms with Crippen LogP contribution in [0.4, 0.5) is 0 Å². The van der Waals surface area contributed by atoms with Crippen molar-refractivity contribution in [1.29, 1.82) is 0 Å². The molecule has 1 heterocycles. The number of amides is 1. The second-order valence-corrected chi connectivity index (χ2v) is 8.55.